The lowest BCUT2D eigenvalue weighted by molar-refractivity contribution is 0.116. The summed E-state index contributed by atoms with van der Waals surface area (Å²) >= 11 is 0. The molecule has 2 unspecified atom stereocenters. The normalized spacial score (nSPS) is 30.6. The Balaban J connectivity index is 1.93. The van der Waals surface area contributed by atoms with Gasteiger partial charge in [0.15, 0.2) is 0 Å². The van der Waals surface area contributed by atoms with Gasteiger partial charge in [0.2, 0.25) is 0 Å². The molecule has 0 aromatic carbocycles. The van der Waals surface area contributed by atoms with Crippen LogP contribution in [0.25, 0.3) is 0 Å². The Bertz CT molecular complexity index is 430. The largest absolute Gasteiger partial charge is 0.329 e. The SMILES string of the molecule is CN1CCN(C)C(CNS(=O)(=O)N2CCCCC2CN)C1. The third kappa shape index (κ3) is 4.37. The van der Waals surface area contributed by atoms with Gasteiger partial charge in [-0.25, -0.2) is 4.72 Å². The van der Waals surface area contributed by atoms with Crippen molar-refractivity contribution in [1.82, 2.24) is 18.8 Å². The van der Waals surface area contributed by atoms with Gasteiger partial charge >= 0.3 is 0 Å². The van der Waals surface area contributed by atoms with Crippen molar-refractivity contribution in [3.05, 3.63) is 0 Å². The minimum Gasteiger partial charge on any atom is -0.329 e. The Morgan fingerprint density at radius 2 is 1.90 bits per heavy atom. The van der Waals surface area contributed by atoms with E-state index < -0.39 is 10.2 Å². The Labute approximate surface area is 128 Å². The summed E-state index contributed by atoms with van der Waals surface area (Å²) in [5, 5.41) is 0. The number of nitrogens with one attached hydrogen (secondary N) is 1. The van der Waals surface area contributed by atoms with E-state index in [4.69, 9.17) is 5.73 Å². The highest BCUT2D eigenvalue weighted by Crippen LogP contribution is 2.19. The van der Waals surface area contributed by atoms with E-state index in [0.717, 1.165) is 38.9 Å². The standard InChI is InChI=1S/C13H29N5O2S/c1-16-7-8-17(2)13(11-16)10-15-21(19,20)18-6-4-3-5-12(18)9-14/h12-13,15H,3-11,14H2,1-2H3. The van der Waals surface area contributed by atoms with Gasteiger partial charge in [-0.1, -0.05) is 6.42 Å². The van der Waals surface area contributed by atoms with Crippen LogP contribution in [-0.4, -0.2) is 88.0 Å². The molecule has 21 heavy (non-hydrogen) atoms. The van der Waals surface area contributed by atoms with Crippen LogP contribution in [-0.2, 0) is 10.2 Å². The minimum absolute atomic E-state index is 0.0528. The van der Waals surface area contributed by atoms with Crippen LogP contribution in [0.5, 0.6) is 0 Å². The summed E-state index contributed by atoms with van der Waals surface area (Å²) in [6, 6.07) is 0.169. The molecule has 0 bridgehead atoms. The zero-order valence-electron chi connectivity index (χ0n) is 13.2. The van der Waals surface area contributed by atoms with Gasteiger partial charge < -0.3 is 10.6 Å². The highest BCUT2D eigenvalue weighted by atomic mass is 32.2. The lowest BCUT2D eigenvalue weighted by Crippen LogP contribution is -2.57. The zero-order valence-corrected chi connectivity index (χ0v) is 14.0. The van der Waals surface area contributed by atoms with Crippen LogP contribution in [0.15, 0.2) is 0 Å². The number of hydrogen-bond acceptors (Lipinski definition) is 5. The number of piperazine rings is 1. The summed E-state index contributed by atoms with van der Waals surface area (Å²) in [6.45, 7) is 4.32. The molecular formula is C13H29N5O2S. The average Bonchev–Trinajstić information content (AvgIpc) is 2.48. The maximum absolute atomic E-state index is 12.5. The first-order chi connectivity index (χ1) is 9.94. The van der Waals surface area contributed by atoms with Crippen LogP contribution in [0.2, 0.25) is 0 Å². The third-order valence-electron chi connectivity index (χ3n) is 4.64. The van der Waals surface area contributed by atoms with Crippen molar-refractivity contribution in [3.63, 3.8) is 0 Å². The van der Waals surface area contributed by atoms with Crippen LogP contribution >= 0.6 is 0 Å². The Morgan fingerprint density at radius 3 is 2.62 bits per heavy atom. The molecule has 0 aliphatic carbocycles. The summed E-state index contributed by atoms with van der Waals surface area (Å²) < 4.78 is 29.4. The van der Waals surface area contributed by atoms with Gasteiger partial charge in [-0.3, -0.25) is 4.90 Å². The van der Waals surface area contributed by atoms with Crippen LogP contribution in [0.3, 0.4) is 0 Å². The molecule has 0 aromatic rings. The smallest absolute Gasteiger partial charge is 0.279 e. The van der Waals surface area contributed by atoms with Crippen molar-refractivity contribution in [2.75, 3.05) is 53.4 Å². The first-order valence-corrected chi connectivity index (χ1v) is 9.23. The topological polar surface area (TPSA) is 81.9 Å². The molecule has 2 fully saturated rings. The average molecular weight is 319 g/mol. The molecule has 0 aromatic heterocycles. The van der Waals surface area contributed by atoms with Gasteiger partial charge in [0.05, 0.1) is 0 Å². The van der Waals surface area contributed by atoms with Crippen LogP contribution in [0.4, 0.5) is 0 Å². The van der Waals surface area contributed by atoms with Crippen molar-refractivity contribution in [2.45, 2.75) is 31.3 Å². The van der Waals surface area contributed by atoms with E-state index >= 15 is 0 Å². The molecule has 0 radical (unpaired) electrons. The molecule has 0 spiro atoms. The fourth-order valence-electron chi connectivity index (χ4n) is 3.13. The summed E-state index contributed by atoms with van der Waals surface area (Å²) in [5.41, 5.74) is 5.72. The Hall–Kier alpha value is -0.250. The Morgan fingerprint density at radius 1 is 1.14 bits per heavy atom. The number of piperidine rings is 1. The van der Waals surface area contributed by atoms with E-state index in [2.05, 4.69) is 28.6 Å². The lowest BCUT2D eigenvalue weighted by Gasteiger charge is -2.39. The number of nitrogens with two attached hydrogens (primary N) is 1. The van der Waals surface area contributed by atoms with Crippen molar-refractivity contribution in [2.24, 2.45) is 5.73 Å². The van der Waals surface area contributed by atoms with Crippen molar-refractivity contribution in [3.8, 4) is 0 Å². The molecule has 2 aliphatic heterocycles. The summed E-state index contributed by atoms with van der Waals surface area (Å²) in [6.07, 6.45) is 2.84. The maximum atomic E-state index is 12.5. The fraction of sp³-hybridized carbons (Fsp3) is 1.00. The molecule has 8 heteroatoms. The highest BCUT2D eigenvalue weighted by Gasteiger charge is 2.32. The van der Waals surface area contributed by atoms with Crippen LogP contribution in [0, 0.1) is 0 Å². The third-order valence-corrected chi connectivity index (χ3v) is 6.27. The summed E-state index contributed by atoms with van der Waals surface area (Å²) in [4.78, 5) is 4.46. The van der Waals surface area contributed by atoms with Gasteiger partial charge in [0, 0.05) is 51.4 Å². The molecule has 2 atom stereocenters. The number of rotatable bonds is 5. The predicted molar refractivity (Wildman–Crippen MR) is 84.2 cm³/mol. The summed E-state index contributed by atoms with van der Waals surface area (Å²) in [7, 11) is 0.697. The minimum atomic E-state index is -3.43. The number of nitrogens with zero attached hydrogens (tertiary/aromatic N) is 3. The Kier molecular flexibility index (Phi) is 5.98. The van der Waals surface area contributed by atoms with E-state index in [0.29, 0.717) is 19.6 Å². The maximum Gasteiger partial charge on any atom is 0.279 e. The quantitative estimate of drug-likeness (QED) is 0.671. The molecule has 0 saturated carbocycles. The summed E-state index contributed by atoms with van der Waals surface area (Å²) in [5.74, 6) is 0. The number of hydrogen-bond donors (Lipinski definition) is 2. The van der Waals surface area contributed by atoms with E-state index in [1.807, 2.05) is 0 Å². The molecule has 3 N–H and O–H groups in total. The molecule has 2 rings (SSSR count). The molecule has 7 nitrogen and oxygen atoms in total. The van der Waals surface area contributed by atoms with Crippen molar-refractivity contribution < 1.29 is 8.42 Å². The monoisotopic (exact) mass is 319 g/mol. The van der Waals surface area contributed by atoms with Gasteiger partial charge in [-0.2, -0.15) is 12.7 Å². The van der Waals surface area contributed by atoms with E-state index in [1.54, 1.807) is 4.31 Å². The molecule has 2 aliphatic rings. The van der Waals surface area contributed by atoms with Crippen molar-refractivity contribution in [1.29, 1.82) is 0 Å². The second-order valence-corrected chi connectivity index (χ2v) is 7.95. The molecule has 2 saturated heterocycles. The second-order valence-electron chi connectivity index (χ2n) is 6.25. The van der Waals surface area contributed by atoms with E-state index in [9.17, 15) is 8.42 Å². The van der Waals surface area contributed by atoms with Crippen LogP contribution < -0.4 is 10.5 Å². The van der Waals surface area contributed by atoms with Crippen molar-refractivity contribution >= 4 is 10.2 Å². The molecule has 0 amide bonds. The van der Waals surface area contributed by atoms with Crippen LogP contribution in [0.1, 0.15) is 19.3 Å². The second kappa shape index (κ2) is 7.34. The van der Waals surface area contributed by atoms with Gasteiger partial charge in [-0.05, 0) is 26.9 Å². The van der Waals surface area contributed by atoms with Gasteiger partial charge in [-0.15, -0.1) is 0 Å². The fourth-order valence-corrected chi connectivity index (χ4v) is 4.65. The number of likely N-dealkylation sites (N-methyl/N-ethyl adjacent to an activating group) is 2. The first kappa shape index (κ1) is 17.1. The predicted octanol–water partition coefficient (Wildman–Crippen LogP) is -1.12. The first-order valence-electron chi connectivity index (χ1n) is 7.79. The van der Waals surface area contributed by atoms with E-state index in [1.165, 1.54) is 0 Å². The molecule has 124 valence electrons. The van der Waals surface area contributed by atoms with E-state index in [-0.39, 0.29) is 12.1 Å². The zero-order chi connectivity index (χ0) is 15.5. The molecular weight excluding hydrogens is 290 g/mol. The molecule has 2 heterocycles. The van der Waals surface area contributed by atoms with Gasteiger partial charge in [0.1, 0.15) is 0 Å². The highest BCUT2D eigenvalue weighted by molar-refractivity contribution is 7.87. The lowest BCUT2D eigenvalue weighted by atomic mass is 10.1. The van der Waals surface area contributed by atoms with Gasteiger partial charge in [0.25, 0.3) is 10.2 Å².